The number of nitrogens with zero attached hydrogens (tertiary/aromatic N) is 1. The maximum atomic E-state index is 14.3. The minimum absolute atomic E-state index is 0. The van der Waals surface area contributed by atoms with E-state index in [2.05, 4.69) is 16.0 Å². The van der Waals surface area contributed by atoms with E-state index >= 15 is 0 Å². The molecular formula is C33H47ClN7O8+. The van der Waals surface area contributed by atoms with Crippen LogP contribution in [-0.4, -0.2) is 94.5 Å². The van der Waals surface area contributed by atoms with E-state index in [0.717, 1.165) is 0 Å². The molecule has 0 radical (unpaired) electrons. The van der Waals surface area contributed by atoms with Gasteiger partial charge >= 0.3 is 5.91 Å². The molecule has 268 valence electrons. The molecule has 1 saturated heterocycles. The molecule has 0 spiro atoms. The fourth-order valence-electron chi connectivity index (χ4n) is 6.11. The highest BCUT2D eigenvalue weighted by atomic mass is 35.5. The number of likely N-dealkylation sites (tertiary alicyclic amines) is 1. The third-order valence-electron chi connectivity index (χ3n) is 8.45. The summed E-state index contributed by atoms with van der Waals surface area (Å²) < 4.78 is 5.08. The van der Waals surface area contributed by atoms with Crippen molar-refractivity contribution in [1.29, 1.82) is 0 Å². The minimum Gasteiger partial charge on any atom is -0.484 e. The molecule has 49 heavy (non-hydrogen) atoms. The topological polar surface area (TPSA) is 246 Å². The molecule has 0 aromatic heterocycles. The summed E-state index contributed by atoms with van der Waals surface area (Å²) >= 11 is 0. The number of ether oxygens (including phenoxy) is 1. The normalized spacial score (nSPS) is 18.9. The summed E-state index contributed by atoms with van der Waals surface area (Å²) in [5.41, 5.74) is 16.8. The Kier molecular flexibility index (Phi) is 14.7. The minimum atomic E-state index is -1.79. The molecule has 1 heterocycles. The number of nitrogens with two attached hydrogens (primary N) is 3. The molecular weight excluding hydrogens is 658 g/mol. The van der Waals surface area contributed by atoms with Gasteiger partial charge in [-0.05, 0) is 57.0 Å². The van der Waals surface area contributed by atoms with Gasteiger partial charge in [0.2, 0.25) is 17.7 Å². The zero-order valence-corrected chi connectivity index (χ0v) is 28.7. The predicted molar refractivity (Wildman–Crippen MR) is 183 cm³/mol. The summed E-state index contributed by atoms with van der Waals surface area (Å²) in [4.78, 5) is 76.6. The van der Waals surface area contributed by atoms with Crippen LogP contribution >= 0.6 is 12.4 Å². The molecule has 15 nitrogen and oxygen atoms in total. The largest absolute Gasteiger partial charge is 0.484 e. The Bertz CT molecular complexity index is 1490. The summed E-state index contributed by atoms with van der Waals surface area (Å²) in [5, 5.41) is 19.3. The highest BCUT2D eigenvalue weighted by Gasteiger charge is 2.60. The molecule has 6 amide bonds. The Labute approximate surface area is 291 Å². The number of nitrogens with one attached hydrogen (secondary N) is 3. The third kappa shape index (κ3) is 10.5. The fraction of sp³-hybridized carbons (Fsp3) is 0.455. The van der Waals surface area contributed by atoms with E-state index in [1.807, 2.05) is 0 Å². The maximum absolute atomic E-state index is 14.3. The van der Waals surface area contributed by atoms with Gasteiger partial charge in [0.1, 0.15) is 11.8 Å². The van der Waals surface area contributed by atoms with Crippen LogP contribution in [0, 0.1) is 0 Å². The van der Waals surface area contributed by atoms with Gasteiger partial charge in [0.15, 0.2) is 18.8 Å². The monoisotopic (exact) mass is 704 g/mol. The molecule has 3 rings (SSSR count). The predicted octanol–water partition coefficient (Wildman–Crippen LogP) is -0.377. The number of aliphatic hydroxyl groups excluding tert-OH is 1. The average molecular weight is 705 g/mol. The number of aliphatic hydroxyl groups is 1. The Balaban J connectivity index is 0.00000833. The lowest BCUT2D eigenvalue weighted by Gasteiger charge is -2.47. The van der Waals surface area contributed by atoms with Gasteiger partial charge in [0, 0.05) is 18.5 Å². The molecule has 5 atom stereocenters. The first-order valence-corrected chi connectivity index (χ1v) is 15.6. The molecule has 2 aromatic rings. The van der Waals surface area contributed by atoms with Crippen molar-refractivity contribution >= 4 is 53.5 Å². The lowest BCUT2D eigenvalue weighted by atomic mass is 9.93. The SMILES string of the molecule is CC(C)(C)[N+]1(C(=O)[C@@H](O)[C@H](Cc2ccccc2)NC(=O)[C@H](CC(N)=O)NC(=O)COc2ccc(NC(=O)CN)cc2)CCC[C@H]1C(N)=O.Cl. The van der Waals surface area contributed by atoms with Crippen LogP contribution in [0.15, 0.2) is 54.6 Å². The molecule has 16 heteroatoms. The van der Waals surface area contributed by atoms with Crippen molar-refractivity contribution in [1.82, 2.24) is 10.6 Å². The molecule has 1 fully saturated rings. The lowest BCUT2D eigenvalue weighted by Crippen LogP contribution is -2.72. The van der Waals surface area contributed by atoms with Gasteiger partial charge in [-0.25, -0.2) is 9.28 Å². The average Bonchev–Trinajstić information content (AvgIpc) is 3.51. The molecule has 2 aromatic carbocycles. The smallest absolute Gasteiger partial charge is 0.345 e. The van der Waals surface area contributed by atoms with Crippen molar-refractivity contribution in [3.8, 4) is 5.75 Å². The summed E-state index contributed by atoms with van der Waals surface area (Å²) in [5.74, 6) is -3.96. The maximum Gasteiger partial charge on any atom is 0.345 e. The number of anilines is 1. The van der Waals surface area contributed by atoms with Crippen LogP contribution in [0.1, 0.15) is 45.6 Å². The standard InChI is InChI=1S/C33H45N7O8.ClH/c1-33(2,3)40(15-7-10-25(40)30(36)45)32(47)29(44)23(16-20-8-5-4-6-9-20)39-31(46)24(17-26(35)41)38-28(43)19-48-22-13-11-21(12-14-22)37-27(42)18-34;/h4-6,8-9,11-14,23-25,29,44H,7,10,15-19,34H2,1-3H3,(H6-,35,36,37,38,39,41,42,43,45,46);1H/p+1/t23-,24-,25-,29-,40?;/m0./s1. The van der Waals surface area contributed by atoms with Gasteiger partial charge in [0.25, 0.3) is 11.8 Å². The zero-order valence-electron chi connectivity index (χ0n) is 27.8. The van der Waals surface area contributed by atoms with Crippen LogP contribution in [0.3, 0.4) is 0 Å². The Morgan fingerprint density at radius 3 is 2.14 bits per heavy atom. The molecule has 10 N–H and O–H groups in total. The summed E-state index contributed by atoms with van der Waals surface area (Å²) in [6.07, 6.45) is -1.47. The van der Waals surface area contributed by atoms with E-state index in [9.17, 15) is 33.9 Å². The number of hydrogen-bond donors (Lipinski definition) is 7. The van der Waals surface area contributed by atoms with Crippen molar-refractivity contribution < 1.29 is 43.1 Å². The van der Waals surface area contributed by atoms with Gasteiger partial charge in [-0.1, -0.05) is 30.3 Å². The number of benzene rings is 2. The molecule has 0 aliphatic carbocycles. The zero-order chi connectivity index (χ0) is 35.6. The summed E-state index contributed by atoms with van der Waals surface area (Å²) in [6.45, 7) is 4.91. The van der Waals surface area contributed by atoms with Crippen molar-refractivity contribution in [2.45, 2.75) is 76.2 Å². The van der Waals surface area contributed by atoms with E-state index in [1.54, 1.807) is 63.2 Å². The van der Waals surface area contributed by atoms with E-state index < -0.39 is 76.8 Å². The van der Waals surface area contributed by atoms with Crippen molar-refractivity contribution in [2.24, 2.45) is 17.2 Å². The quantitative estimate of drug-likeness (QED) is 0.119. The van der Waals surface area contributed by atoms with E-state index in [0.29, 0.717) is 24.1 Å². The first kappa shape index (κ1) is 40.6. The highest BCUT2D eigenvalue weighted by molar-refractivity contribution is 5.93. The van der Waals surface area contributed by atoms with Crippen LogP contribution < -0.4 is 37.9 Å². The number of quaternary nitrogens is 1. The van der Waals surface area contributed by atoms with E-state index in [1.165, 1.54) is 12.1 Å². The first-order valence-electron chi connectivity index (χ1n) is 15.6. The van der Waals surface area contributed by atoms with E-state index in [-0.39, 0.29) is 43.6 Å². The number of halogens is 1. The van der Waals surface area contributed by atoms with Gasteiger partial charge < -0.3 is 43.0 Å². The van der Waals surface area contributed by atoms with Gasteiger partial charge in [-0.2, -0.15) is 0 Å². The van der Waals surface area contributed by atoms with Gasteiger partial charge in [-0.15, -0.1) is 12.4 Å². The number of carbonyl (C=O) groups is 6. The molecule has 1 aliphatic heterocycles. The van der Waals surface area contributed by atoms with Crippen molar-refractivity contribution in [3.63, 3.8) is 0 Å². The van der Waals surface area contributed by atoms with Crippen LogP contribution in [0.5, 0.6) is 5.75 Å². The molecule has 1 unspecified atom stereocenters. The van der Waals surface area contributed by atoms with Gasteiger partial charge in [0.05, 0.1) is 31.1 Å². The summed E-state index contributed by atoms with van der Waals surface area (Å²) in [6, 6.07) is 11.4. The second kappa shape index (κ2) is 17.7. The number of carbonyl (C=O) groups excluding carboxylic acids is 6. The van der Waals surface area contributed by atoms with Crippen LogP contribution in [-0.2, 0) is 35.2 Å². The van der Waals surface area contributed by atoms with Crippen LogP contribution in [0.2, 0.25) is 0 Å². The van der Waals surface area contributed by atoms with Crippen LogP contribution in [0.4, 0.5) is 5.69 Å². The van der Waals surface area contributed by atoms with Gasteiger partial charge in [-0.3, -0.25) is 24.0 Å². The summed E-state index contributed by atoms with van der Waals surface area (Å²) in [7, 11) is 0. The Morgan fingerprint density at radius 1 is 0.959 bits per heavy atom. The van der Waals surface area contributed by atoms with E-state index in [4.69, 9.17) is 21.9 Å². The fourth-order valence-corrected chi connectivity index (χ4v) is 6.11. The number of rotatable bonds is 15. The number of primary amides is 2. The van der Waals surface area contributed by atoms with Crippen LogP contribution in [0.25, 0.3) is 0 Å². The molecule has 0 saturated carbocycles. The lowest BCUT2D eigenvalue weighted by molar-refractivity contribution is -0.904. The molecule has 1 aliphatic rings. The third-order valence-corrected chi connectivity index (χ3v) is 8.45. The highest BCUT2D eigenvalue weighted by Crippen LogP contribution is 2.38. The second-order valence-corrected chi connectivity index (χ2v) is 12.8. The first-order chi connectivity index (χ1) is 22.6. The molecule has 0 bridgehead atoms. The number of hydrogen-bond acceptors (Lipinski definition) is 9. The van der Waals surface area contributed by atoms with Crippen molar-refractivity contribution in [3.05, 3.63) is 60.2 Å². The number of amides is 6. The Morgan fingerprint density at radius 2 is 1.59 bits per heavy atom. The Hall–Kier alpha value is -4.57. The second-order valence-electron chi connectivity index (χ2n) is 12.8. The van der Waals surface area contributed by atoms with Crippen molar-refractivity contribution in [2.75, 3.05) is 25.0 Å².